The van der Waals surface area contributed by atoms with Gasteiger partial charge < -0.3 is 5.32 Å². The molecule has 2 aromatic carbocycles. The lowest BCUT2D eigenvalue weighted by molar-refractivity contribution is -0.121. The van der Waals surface area contributed by atoms with Crippen LogP contribution in [0.1, 0.15) is 24.2 Å². The van der Waals surface area contributed by atoms with E-state index in [0.29, 0.717) is 6.42 Å². The Morgan fingerprint density at radius 1 is 1.05 bits per heavy atom. The Balaban J connectivity index is 1.68. The predicted octanol–water partition coefficient (Wildman–Crippen LogP) is 3.65. The number of pyridine rings is 1. The van der Waals surface area contributed by atoms with Gasteiger partial charge in [-0.15, -0.1) is 0 Å². The molecule has 0 aliphatic carbocycles. The van der Waals surface area contributed by atoms with Crippen molar-refractivity contribution in [3.05, 3.63) is 78.1 Å². The van der Waals surface area contributed by atoms with Crippen molar-refractivity contribution in [2.75, 3.05) is 0 Å². The number of nitrogens with zero attached hydrogens (tertiary/aromatic N) is 1. The van der Waals surface area contributed by atoms with E-state index in [9.17, 15) is 4.79 Å². The fourth-order valence-electron chi connectivity index (χ4n) is 2.53. The van der Waals surface area contributed by atoms with Gasteiger partial charge in [0.05, 0.1) is 18.2 Å². The molecule has 0 aliphatic heterocycles. The Hall–Kier alpha value is -2.68. The summed E-state index contributed by atoms with van der Waals surface area (Å²) >= 11 is 0. The number of nitrogens with one attached hydrogen (secondary N) is 1. The third-order valence-corrected chi connectivity index (χ3v) is 3.69. The van der Waals surface area contributed by atoms with Crippen LogP contribution in [0.2, 0.25) is 0 Å². The molecule has 3 aromatic rings. The van der Waals surface area contributed by atoms with E-state index in [-0.39, 0.29) is 11.9 Å². The molecule has 1 aromatic heterocycles. The Morgan fingerprint density at radius 3 is 2.59 bits per heavy atom. The zero-order chi connectivity index (χ0) is 15.4. The zero-order valence-corrected chi connectivity index (χ0v) is 12.5. The van der Waals surface area contributed by atoms with Crippen molar-refractivity contribution in [2.24, 2.45) is 0 Å². The number of benzene rings is 2. The van der Waals surface area contributed by atoms with E-state index < -0.39 is 0 Å². The van der Waals surface area contributed by atoms with Crippen LogP contribution in [0.5, 0.6) is 0 Å². The molecule has 110 valence electrons. The summed E-state index contributed by atoms with van der Waals surface area (Å²) in [6.07, 6.45) is 2.11. The van der Waals surface area contributed by atoms with E-state index in [4.69, 9.17) is 0 Å². The number of amides is 1. The van der Waals surface area contributed by atoms with Crippen LogP contribution in [0.4, 0.5) is 0 Å². The number of rotatable bonds is 4. The molecule has 0 saturated heterocycles. The first-order chi connectivity index (χ1) is 10.7. The number of carbonyl (C=O) groups excluding carboxylic acids is 1. The highest BCUT2D eigenvalue weighted by Gasteiger charge is 2.11. The third kappa shape index (κ3) is 3.31. The molecule has 0 unspecified atom stereocenters. The number of hydrogen-bond acceptors (Lipinski definition) is 2. The van der Waals surface area contributed by atoms with Crippen molar-refractivity contribution in [2.45, 2.75) is 19.4 Å². The number of aromatic nitrogens is 1. The van der Waals surface area contributed by atoms with Gasteiger partial charge in [0.15, 0.2) is 0 Å². The normalized spacial score (nSPS) is 12.0. The van der Waals surface area contributed by atoms with E-state index in [2.05, 4.69) is 34.6 Å². The topological polar surface area (TPSA) is 42.0 Å². The van der Waals surface area contributed by atoms with E-state index in [1.807, 2.05) is 43.3 Å². The minimum Gasteiger partial charge on any atom is -0.348 e. The number of carbonyl (C=O) groups is 1. The Labute approximate surface area is 130 Å². The second-order valence-electron chi connectivity index (χ2n) is 5.40. The monoisotopic (exact) mass is 290 g/mol. The molecule has 3 nitrogen and oxygen atoms in total. The lowest BCUT2D eigenvalue weighted by Crippen LogP contribution is -2.28. The van der Waals surface area contributed by atoms with Crippen LogP contribution in [0.3, 0.4) is 0 Å². The Kier molecular flexibility index (Phi) is 4.15. The van der Waals surface area contributed by atoms with Gasteiger partial charge in [0.1, 0.15) is 0 Å². The summed E-state index contributed by atoms with van der Waals surface area (Å²) in [5.74, 6) is 0.00781. The van der Waals surface area contributed by atoms with Crippen LogP contribution in [0, 0.1) is 0 Å². The molecule has 0 radical (unpaired) electrons. The highest BCUT2D eigenvalue weighted by atomic mass is 16.1. The minimum atomic E-state index is -0.0887. The average molecular weight is 290 g/mol. The molecule has 0 saturated carbocycles. The van der Waals surface area contributed by atoms with Crippen molar-refractivity contribution >= 4 is 16.7 Å². The molecule has 1 heterocycles. The minimum absolute atomic E-state index is 0.00781. The fourth-order valence-corrected chi connectivity index (χ4v) is 2.53. The van der Waals surface area contributed by atoms with Crippen molar-refractivity contribution in [1.82, 2.24) is 10.3 Å². The van der Waals surface area contributed by atoms with E-state index in [0.717, 1.165) is 16.6 Å². The molecule has 1 atom stereocenters. The number of fused-ring (bicyclic) bond motifs is 1. The second-order valence-corrected chi connectivity index (χ2v) is 5.40. The highest BCUT2D eigenvalue weighted by Crippen LogP contribution is 2.16. The molecule has 1 amide bonds. The molecule has 0 fully saturated rings. The summed E-state index contributed by atoms with van der Waals surface area (Å²) in [4.78, 5) is 16.5. The molecule has 0 bridgehead atoms. The standard InChI is InChI=1S/C19H18N2O/c1-14(18-8-4-5-11-20-18)21-19(22)13-15-9-10-16-6-2-3-7-17(16)12-15/h2-12,14H,13H2,1H3,(H,21,22)/t14-/m0/s1. The van der Waals surface area contributed by atoms with Crippen LogP contribution < -0.4 is 5.32 Å². The fraction of sp³-hybridized carbons (Fsp3) is 0.158. The van der Waals surface area contributed by atoms with E-state index in [1.165, 1.54) is 5.39 Å². The summed E-state index contributed by atoms with van der Waals surface area (Å²) in [5, 5.41) is 5.34. The van der Waals surface area contributed by atoms with Crippen LogP contribution in [0.15, 0.2) is 66.9 Å². The predicted molar refractivity (Wildman–Crippen MR) is 88.4 cm³/mol. The summed E-state index contributed by atoms with van der Waals surface area (Å²) in [6.45, 7) is 1.95. The smallest absolute Gasteiger partial charge is 0.224 e. The quantitative estimate of drug-likeness (QED) is 0.797. The molecular formula is C19H18N2O. The maximum atomic E-state index is 12.2. The molecule has 3 rings (SSSR count). The highest BCUT2D eigenvalue weighted by molar-refractivity contribution is 5.85. The summed E-state index contributed by atoms with van der Waals surface area (Å²) in [6, 6.07) is 19.9. The van der Waals surface area contributed by atoms with Gasteiger partial charge >= 0.3 is 0 Å². The van der Waals surface area contributed by atoms with Crippen LogP contribution in [-0.2, 0) is 11.2 Å². The van der Waals surface area contributed by atoms with Gasteiger partial charge in [0.25, 0.3) is 0 Å². The lowest BCUT2D eigenvalue weighted by atomic mass is 10.0. The average Bonchev–Trinajstić information content (AvgIpc) is 2.55. The molecule has 22 heavy (non-hydrogen) atoms. The lowest BCUT2D eigenvalue weighted by Gasteiger charge is -2.13. The van der Waals surface area contributed by atoms with Gasteiger partial charge in [-0.2, -0.15) is 0 Å². The Bertz CT molecular complexity index is 784. The second kappa shape index (κ2) is 6.39. The maximum Gasteiger partial charge on any atom is 0.224 e. The van der Waals surface area contributed by atoms with Gasteiger partial charge in [-0.1, -0.05) is 48.5 Å². The van der Waals surface area contributed by atoms with Gasteiger partial charge in [-0.25, -0.2) is 0 Å². The molecule has 1 N–H and O–H groups in total. The number of hydrogen-bond donors (Lipinski definition) is 1. The SMILES string of the molecule is C[C@H](NC(=O)Cc1ccc2ccccc2c1)c1ccccn1. The maximum absolute atomic E-state index is 12.2. The summed E-state index contributed by atoms with van der Waals surface area (Å²) in [5.41, 5.74) is 1.89. The van der Waals surface area contributed by atoms with Crippen molar-refractivity contribution in [1.29, 1.82) is 0 Å². The third-order valence-electron chi connectivity index (χ3n) is 3.69. The van der Waals surface area contributed by atoms with Gasteiger partial charge in [-0.05, 0) is 35.4 Å². The van der Waals surface area contributed by atoms with Crippen LogP contribution in [0.25, 0.3) is 10.8 Å². The molecule has 0 aliphatic rings. The first-order valence-electron chi connectivity index (χ1n) is 7.40. The van der Waals surface area contributed by atoms with Crippen molar-refractivity contribution < 1.29 is 4.79 Å². The van der Waals surface area contributed by atoms with Gasteiger partial charge in [0, 0.05) is 6.20 Å². The zero-order valence-electron chi connectivity index (χ0n) is 12.5. The van der Waals surface area contributed by atoms with Crippen LogP contribution >= 0.6 is 0 Å². The van der Waals surface area contributed by atoms with Gasteiger partial charge in [-0.3, -0.25) is 9.78 Å². The first kappa shape index (κ1) is 14.3. The molecule has 0 spiro atoms. The largest absolute Gasteiger partial charge is 0.348 e. The Morgan fingerprint density at radius 2 is 1.82 bits per heavy atom. The van der Waals surface area contributed by atoms with Crippen molar-refractivity contribution in [3.8, 4) is 0 Å². The van der Waals surface area contributed by atoms with E-state index >= 15 is 0 Å². The molecular weight excluding hydrogens is 272 g/mol. The van der Waals surface area contributed by atoms with Gasteiger partial charge in [0.2, 0.25) is 5.91 Å². The molecule has 3 heteroatoms. The first-order valence-corrected chi connectivity index (χ1v) is 7.40. The summed E-state index contributed by atoms with van der Waals surface area (Å²) in [7, 11) is 0. The summed E-state index contributed by atoms with van der Waals surface area (Å²) < 4.78 is 0. The van der Waals surface area contributed by atoms with Crippen LogP contribution in [-0.4, -0.2) is 10.9 Å². The van der Waals surface area contributed by atoms with Crippen molar-refractivity contribution in [3.63, 3.8) is 0 Å². The van der Waals surface area contributed by atoms with E-state index in [1.54, 1.807) is 6.20 Å².